The van der Waals surface area contributed by atoms with Crippen LogP contribution >= 0.6 is 0 Å². The van der Waals surface area contributed by atoms with E-state index in [1.807, 2.05) is 26.1 Å². The minimum Gasteiger partial charge on any atom is -0.349 e. The molecule has 2 aromatic heterocycles. The van der Waals surface area contributed by atoms with Gasteiger partial charge in [0.1, 0.15) is 5.69 Å². The number of carbonyl (C=O) groups is 2. The van der Waals surface area contributed by atoms with Gasteiger partial charge in [0.25, 0.3) is 11.8 Å². The topological polar surface area (TPSA) is 92.1 Å². The van der Waals surface area contributed by atoms with Gasteiger partial charge in [-0.05, 0) is 44.6 Å². The molecule has 2 heterocycles. The van der Waals surface area contributed by atoms with E-state index in [1.54, 1.807) is 31.5 Å². The van der Waals surface area contributed by atoms with Gasteiger partial charge in [-0.25, -0.2) is 4.98 Å². The van der Waals surface area contributed by atoms with Crippen molar-refractivity contribution in [2.75, 3.05) is 32.0 Å². The number of amides is 2. The maximum absolute atomic E-state index is 12.7. The maximum Gasteiger partial charge on any atom is 0.274 e. The zero-order chi connectivity index (χ0) is 22.1. The van der Waals surface area contributed by atoms with Crippen LogP contribution in [0.2, 0.25) is 0 Å². The summed E-state index contributed by atoms with van der Waals surface area (Å²) >= 11 is 0. The van der Waals surface area contributed by atoms with Crippen LogP contribution < -0.4 is 10.6 Å². The van der Waals surface area contributed by atoms with E-state index in [0.717, 1.165) is 25.1 Å². The Morgan fingerprint density at radius 1 is 1.23 bits per heavy atom. The zero-order valence-corrected chi connectivity index (χ0v) is 18.1. The van der Waals surface area contributed by atoms with Crippen LogP contribution in [-0.2, 0) is 7.05 Å². The van der Waals surface area contributed by atoms with Crippen molar-refractivity contribution in [1.29, 1.82) is 0 Å². The molecule has 2 rings (SSSR count). The number of hydrogen-bond donors (Lipinski definition) is 2. The van der Waals surface area contributed by atoms with E-state index in [4.69, 9.17) is 0 Å². The molecule has 0 saturated heterocycles. The fourth-order valence-corrected chi connectivity index (χ4v) is 2.96. The number of pyridine rings is 1. The summed E-state index contributed by atoms with van der Waals surface area (Å²) in [5.74, 6) is -0.749. The van der Waals surface area contributed by atoms with Gasteiger partial charge in [0.2, 0.25) is 0 Å². The SMILES string of the molecule is C=C/C(=C\C)c1cccc(C(=O)Nc2cn(C)nc2C(=O)NCCN(C)CCC)n1. The third-order valence-electron chi connectivity index (χ3n) is 4.48. The summed E-state index contributed by atoms with van der Waals surface area (Å²) in [6.45, 7) is 9.95. The Bertz CT molecular complexity index is 931. The molecule has 0 radical (unpaired) electrons. The first-order valence-corrected chi connectivity index (χ1v) is 9.97. The molecule has 0 saturated carbocycles. The second kappa shape index (κ2) is 11.1. The smallest absolute Gasteiger partial charge is 0.274 e. The van der Waals surface area contributed by atoms with Crippen molar-refractivity contribution in [3.8, 4) is 0 Å². The van der Waals surface area contributed by atoms with E-state index >= 15 is 0 Å². The maximum atomic E-state index is 12.7. The van der Waals surface area contributed by atoms with Crippen LogP contribution in [0.1, 0.15) is 46.9 Å². The predicted molar refractivity (Wildman–Crippen MR) is 119 cm³/mol. The van der Waals surface area contributed by atoms with E-state index in [0.29, 0.717) is 17.9 Å². The quantitative estimate of drug-likeness (QED) is 0.588. The van der Waals surface area contributed by atoms with Crippen molar-refractivity contribution < 1.29 is 9.59 Å². The number of nitrogens with one attached hydrogen (secondary N) is 2. The molecule has 0 fully saturated rings. The molecule has 30 heavy (non-hydrogen) atoms. The van der Waals surface area contributed by atoms with Gasteiger partial charge < -0.3 is 15.5 Å². The number of aryl methyl sites for hydroxylation is 1. The van der Waals surface area contributed by atoms with Crippen molar-refractivity contribution in [1.82, 2.24) is 25.0 Å². The number of likely N-dealkylation sites (N-methyl/N-ethyl adjacent to an activating group) is 1. The highest BCUT2D eigenvalue weighted by Crippen LogP contribution is 2.16. The number of anilines is 1. The molecule has 2 amide bonds. The van der Waals surface area contributed by atoms with E-state index in [-0.39, 0.29) is 17.3 Å². The van der Waals surface area contributed by atoms with Gasteiger partial charge in [0.15, 0.2) is 5.69 Å². The lowest BCUT2D eigenvalue weighted by molar-refractivity contribution is 0.0945. The minimum absolute atomic E-state index is 0.167. The lowest BCUT2D eigenvalue weighted by Crippen LogP contribution is -2.34. The third kappa shape index (κ3) is 6.12. The van der Waals surface area contributed by atoms with Gasteiger partial charge in [-0.15, -0.1) is 0 Å². The summed E-state index contributed by atoms with van der Waals surface area (Å²) < 4.78 is 1.49. The van der Waals surface area contributed by atoms with Crippen LogP contribution in [0, 0.1) is 0 Å². The van der Waals surface area contributed by atoms with E-state index in [9.17, 15) is 9.59 Å². The number of rotatable bonds is 10. The molecule has 8 heteroatoms. The Morgan fingerprint density at radius 3 is 2.63 bits per heavy atom. The van der Waals surface area contributed by atoms with Gasteiger partial charge in [-0.3, -0.25) is 14.3 Å². The highest BCUT2D eigenvalue weighted by atomic mass is 16.2. The second-order valence-electron chi connectivity index (χ2n) is 6.93. The van der Waals surface area contributed by atoms with Crippen molar-refractivity contribution >= 4 is 23.1 Å². The zero-order valence-electron chi connectivity index (χ0n) is 18.1. The summed E-state index contributed by atoms with van der Waals surface area (Å²) in [5.41, 5.74) is 2.23. The Morgan fingerprint density at radius 2 is 1.97 bits per heavy atom. The van der Waals surface area contributed by atoms with Gasteiger partial charge >= 0.3 is 0 Å². The third-order valence-corrected chi connectivity index (χ3v) is 4.48. The first-order chi connectivity index (χ1) is 14.4. The summed E-state index contributed by atoms with van der Waals surface area (Å²) in [5, 5.41) is 9.80. The summed E-state index contributed by atoms with van der Waals surface area (Å²) in [6.07, 6.45) is 6.21. The summed E-state index contributed by atoms with van der Waals surface area (Å²) in [4.78, 5) is 31.8. The van der Waals surface area contributed by atoms with Gasteiger partial charge in [-0.1, -0.05) is 31.7 Å². The Balaban J connectivity index is 2.11. The molecule has 8 nitrogen and oxygen atoms in total. The highest BCUT2D eigenvalue weighted by Gasteiger charge is 2.19. The molecule has 0 unspecified atom stereocenters. The molecule has 0 aliphatic carbocycles. The molecule has 0 aliphatic rings. The standard InChI is InChI=1S/C22H30N6O2/c1-6-13-27(4)14-12-23-22(30)20-19(15-28(5)26-20)25-21(29)18-11-9-10-17(24-18)16(7-2)8-3/h7-11,15H,2,6,12-14H2,1,3-5H3,(H,23,30)(H,25,29)/b16-8+. The predicted octanol–water partition coefficient (Wildman–Crippen LogP) is 2.73. The number of hydrogen-bond acceptors (Lipinski definition) is 5. The molecule has 0 bridgehead atoms. The number of carbonyl (C=O) groups excluding carboxylic acids is 2. The summed E-state index contributed by atoms with van der Waals surface area (Å²) in [6, 6.07) is 5.19. The first kappa shape index (κ1) is 23.0. The van der Waals surface area contributed by atoms with Crippen molar-refractivity contribution in [2.24, 2.45) is 7.05 Å². The molecular weight excluding hydrogens is 380 g/mol. The monoisotopic (exact) mass is 410 g/mol. The molecule has 0 spiro atoms. The van der Waals surface area contributed by atoms with Crippen LogP contribution in [0.15, 0.2) is 43.1 Å². The van der Waals surface area contributed by atoms with Gasteiger partial charge in [0, 0.05) is 26.3 Å². The van der Waals surface area contributed by atoms with Crippen molar-refractivity contribution in [2.45, 2.75) is 20.3 Å². The Hall–Kier alpha value is -3.26. The van der Waals surface area contributed by atoms with Gasteiger partial charge in [-0.2, -0.15) is 5.10 Å². The number of aromatic nitrogens is 3. The van der Waals surface area contributed by atoms with Crippen molar-refractivity contribution in [3.05, 3.63) is 60.2 Å². The molecule has 0 aromatic carbocycles. The first-order valence-electron chi connectivity index (χ1n) is 9.97. The van der Waals surface area contributed by atoms with E-state index < -0.39 is 5.91 Å². The molecule has 160 valence electrons. The van der Waals surface area contributed by atoms with Crippen LogP contribution in [0.5, 0.6) is 0 Å². The Kier molecular flexibility index (Phi) is 8.49. The van der Waals surface area contributed by atoms with Crippen LogP contribution in [0.4, 0.5) is 5.69 Å². The van der Waals surface area contributed by atoms with Crippen LogP contribution in [0.25, 0.3) is 5.57 Å². The molecule has 2 N–H and O–H groups in total. The highest BCUT2D eigenvalue weighted by molar-refractivity contribution is 6.07. The summed E-state index contributed by atoms with van der Waals surface area (Å²) in [7, 11) is 3.71. The average molecular weight is 411 g/mol. The van der Waals surface area contributed by atoms with Crippen molar-refractivity contribution in [3.63, 3.8) is 0 Å². The van der Waals surface area contributed by atoms with Crippen LogP contribution in [0.3, 0.4) is 0 Å². The average Bonchev–Trinajstić information content (AvgIpc) is 3.09. The lowest BCUT2D eigenvalue weighted by atomic mass is 10.1. The molecule has 0 aliphatic heterocycles. The second-order valence-corrected chi connectivity index (χ2v) is 6.93. The Labute approximate surface area is 177 Å². The number of nitrogens with zero attached hydrogens (tertiary/aromatic N) is 4. The van der Waals surface area contributed by atoms with Gasteiger partial charge in [0.05, 0.1) is 11.4 Å². The normalized spacial score (nSPS) is 11.4. The minimum atomic E-state index is -0.416. The fourth-order valence-electron chi connectivity index (χ4n) is 2.96. The molecule has 0 atom stereocenters. The van der Waals surface area contributed by atoms with Crippen LogP contribution in [-0.4, -0.2) is 58.2 Å². The molecule has 2 aromatic rings. The number of allylic oxidation sites excluding steroid dienone is 3. The molecular formula is C22H30N6O2. The van der Waals surface area contributed by atoms with E-state index in [2.05, 4.69) is 39.1 Å². The fraction of sp³-hybridized carbons (Fsp3) is 0.364. The largest absolute Gasteiger partial charge is 0.349 e. The van der Waals surface area contributed by atoms with E-state index in [1.165, 1.54) is 4.68 Å². The lowest BCUT2D eigenvalue weighted by Gasteiger charge is -2.15.